The number of hydrogen-bond donors (Lipinski definition) is 0. The topological polar surface area (TPSA) is 112 Å². The zero-order valence-corrected chi connectivity index (χ0v) is 18.9. The Balaban J connectivity index is 1.31. The summed E-state index contributed by atoms with van der Waals surface area (Å²) in [7, 11) is 0. The Kier molecular flexibility index (Phi) is 6.17. The van der Waals surface area contributed by atoms with E-state index >= 15 is 0 Å². The Labute approximate surface area is 200 Å². The van der Waals surface area contributed by atoms with Gasteiger partial charge >= 0.3 is 5.69 Å². The Morgan fingerprint density at radius 1 is 0.886 bits per heavy atom. The van der Waals surface area contributed by atoms with E-state index in [2.05, 4.69) is 9.97 Å². The summed E-state index contributed by atoms with van der Waals surface area (Å²) in [6.45, 7) is 3.48. The Hall–Kier alpha value is -4.22. The van der Waals surface area contributed by atoms with Gasteiger partial charge in [-0.2, -0.15) is 0 Å². The molecule has 0 spiro atoms. The van der Waals surface area contributed by atoms with Gasteiger partial charge in [-0.15, -0.1) is 0 Å². The number of carbonyl (C=O) groups excluding carboxylic acids is 1. The monoisotopic (exact) mass is 481 g/mol. The van der Waals surface area contributed by atoms with Crippen molar-refractivity contribution >= 4 is 28.9 Å². The lowest BCUT2D eigenvalue weighted by Crippen LogP contribution is -2.49. The smallest absolute Gasteiger partial charge is 0.353 e. The fraction of sp³-hybridized carbons (Fsp3) is 0.348. The molecule has 2 aliphatic heterocycles. The van der Waals surface area contributed by atoms with Gasteiger partial charge in [0.25, 0.3) is 5.91 Å². The predicted molar refractivity (Wildman–Crippen MR) is 126 cm³/mol. The first-order valence-electron chi connectivity index (χ1n) is 11.3. The van der Waals surface area contributed by atoms with E-state index in [4.69, 9.17) is 4.42 Å². The maximum absolute atomic E-state index is 14.2. The summed E-state index contributed by atoms with van der Waals surface area (Å²) < 4.78 is 19.4. The Bertz CT molecular complexity index is 1210. The number of para-hydroxylation sites is 1. The Morgan fingerprint density at radius 3 is 2.06 bits per heavy atom. The largest absolute Gasteiger partial charge is 0.459 e. The minimum atomic E-state index is -0.450. The lowest BCUT2D eigenvalue weighted by Gasteiger charge is -2.37. The molecule has 2 fully saturated rings. The first-order chi connectivity index (χ1) is 17.0. The zero-order valence-electron chi connectivity index (χ0n) is 18.9. The van der Waals surface area contributed by atoms with Crippen molar-refractivity contribution in [1.82, 2.24) is 14.9 Å². The van der Waals surface area contributed by atoms with E-state index in [1.165, 1.54) is 18.7 Å². The third-order valence-corrected chi connectivity index (χ3v) is 6.34. The van der Waals surface area contributed by atoms with Crippen LogP contribution >= 0.6 is 0 Å². The van der Waals surface area contributed by atoms with E-state index in [1.54, 1.807) is 35.2 Å². The average molecular weight is 481 g/mol. The van der Waals surface area contributed by atoms with Crippen molar-refractivity contribution in [3.8, 4) is 0 Å². The minimum Gasteiger partial charge on any atom is -0.459 e. The molecule has 3 aromatic rings. The van der Waals surface area contributed by atoms with Gasteiger partial charge in [-0.25, -0.2) is 14.4 Å². The van der Waals surface area contributed by atoms with Gasteiger partial charge in [0, 0.05) is 52.4 Å². The van der Waals surface area contributed by atoms with Crippen LogP contribution in [0.3, 0.4) is 0 Å². The van der Waals surface area contributed by atoms with Crippen LogP contribution in [0.2, 0.25) is 0 Å². The summed E-state index contributed by atoms with van der Waals surface area (Å²) in [6, 6.07) is 9.85. The van der Waals surface area contributed by atoms with Gasteiger partial charge < -0.3 is 24.0 Å². The van der Waals surface area contributed by atoms with Gasteiger partial charge in [0.05, 0.1) is 16.9 Å². The number of furan rings is 1. The summed E-state index contributed by atoms with van der Waals surface area (Å²) in [5.74, 6) is 0.258. The molecule has 4 heterocycles. The van der Waals surface area contributed by atoms with Crippen LogP contribution in [0.25, 0.3) is 0 Å². The number of amides is 1. The zero-order chi connectivity index (χ0) is 24.4. The molecule has 0 aliphatic carbocycles. The highest BCUT2D eigenvalue weighted by Gasteiger charge is 2.34. The van der Waals surface area contributed by atoms with Crippen LogP contribution in [0.1, 0.15) is 10.6 Å². The molecular weight excluding hydrogens is 457 g/mol. The third kappa shape index (κ3) is 4.46. The molecule has 2 saturated heterocycles. The van der Waals surface area contributed by atoms with Crippen LogP contribution < -0.4 is 14.7 Å². The number of nitro groups is 1. The van der Waals surface area contributed by atoms with Gasteiger partial charge in [0.15, 0.2) is 5.76 Å². The van der Waals surface area contributed by atoms with Crippen molar-refractivity contribution in [2.24, 2.45) is 0 Å². The molecule has 1 aromatic carbocycles. The van der Waals surface area contributed by atoms with E-state index in [9.17, 15) is 19.3 Å². The number of halogens is 1. The molecule has 12 heteroatoms. The van der Waals surface area contributed by atoms with Crippen LogP contribution in [0.4, 0.5) is 27.4 Å². The SMILES string of the molecule is O=C(c1ccco1)N1CCN(c2ncnc(N3CCN(c4ccccc4F)CC3)c2[N+](=O)[O-])CC1. The molecule has 0 N–H and O–H groups in total. The van der Waals surface area contributed by atoms with E-state index in [0.29, 0.717) is 58.0 Å². The number of carbonyl (C=O) groups is 1. The maximum atomic E-state index is 14.2. The maximum Gasteiger partial charge on any atom is 0.353 e. The summed E-state index contributed by atoms with van der Waals surface area (Å²) in [6.07, 6.45) is 2.78. The number of rotatable bonds is 5. The quantitative estimate of drug-likeness (QED) is 0.400. The third-order valence-electron chi connectivity index (χ3n) is 6.34. The molecule has 0 unspecified atom stereocenters. The van der Waals surface area contributed by atoms with Gasteiger partial charge in [0.2, 0.25) is 11.6 Å². The molecule has 0 saturated carbocycles. The molecular formula is C23H24FN7O4. The fourth-order valence-corrected chi connectivity index (χ4v) is 4.53. The van der Waals surface area contributed by atoms with E-state index < -0.39 is 4.92 Å². The summed E-state index contributed by atoms with van der Waals surface area (Å²) >= 11 is 0. The van der Waals surface area contributed by atoms with Crippen molar-refractivity contribution in [2.75, 3.05) is 67.1 Å². The van der Waals surface area contributed by atoms with Crippen molar-refractivity contribution in [3.63, 3.8) is 0 Å². The number of benzene rings is 1. The highest BCUT2D eigenvalue weighted by molar-refractivity contribution is 5.91. The Morgan fingerprint density at radius 2 is 1.49 bits per heavy atom. The van der Waals surface area contributed by atoms with Crippen LogP contribution in [0, 0.1) is 15.9 Å². The summed E-state index contributed by atoms with van der Waals surface area (Å²) in [5.41, 5.74) is 0.365. The van der Waals surface area contributed by atoms with E-state index in [1.807, 2.05) is 14.7 Å². The fourth-order valence-electron chi connectivity index (χ4n) is 4.53. The number of nitrogens with zero attached hydrogens (tertiary/aromatic N) is 7. The molecule has 0 atom stereocenters. The number of hydrogen-bond acceptors (Lipinski definition) is 9. The normalized spacial score (nSPS) is 16.5. The van der Waals surface area contributed by atoms with Crippen LogP contribution in [0.5, 0.6) is 0 Å². The van der Waals surface area contributed by atoms with Gasteiger partial charge in [-0.05, 0) is 24.3 Å². The standard InChI is InChI=1S/C23H24FN7O4/c24-17-4-1-2-5-18(17)27-7-9-28(10-8-27)21-20(31(33)34)22(26-16-25-21)29-11-13-30(14-12-29)23(32)19-6-3-15-35-19/h1-6,15-16H,7-14H2. The molecule has 0 bridgehead atoms. The van der Waals surface area contributed by atoms with Crippen molar-refractivity contribution < 1.29 is 18.5 Å². The lowest BCUT2D eigenvalue weighted by molar-refractivity contribution is -0.383. The van der Waals surface area contributed by atoms with Gasteiger partial charge in [-0.3, -0.25) is 14.9 Å². The molecule has 1 amide bonds. The van der Waals surface area contributed by atoms with Crippen molar-refractivity contribution in [3.05, 3.63) is 70.7 Å². The van der Waals surface area contributed by atoms with Crippen LogP contribution in [-0.2, 0) is 0 Å². The molecule has 5 rings (SSSR count). The highest BCUT2D eigenvalue weighted by Crippen LogP contribution is 2.35. The number of piperazine rings is 2. The number of aromatic nitrogens is 2. The van der Waals surface area contributed by atoms with Crippen LogP contribution in [-0.4, -0.2) is 78.1 Å². The summed E-state index contributed by atoms with van der Waals surface area (Å²) in [4.78, 5) is 39.9. The van der Waals surface area contributed by atoms with Gasteiger partial charge in [-0.1, -0.05) is 12.1 Å². The first-order valence-corrected chi connectivity index (χ1v) is 11.3. The molecule has 182 valence electrons. The molecule has 11 nitrogen and oxygen atoms in total. The predicted octanol–water partition coefficient (Wildman–Crippen LogP) is 2.41. The van der Waals surface area contributed by atoms with E-state index in [0.717, 1.165) is 0 Å². The average Bonchev–Trinajstić information content (AvgIpc) is 3.43. The van der Waals surface area contributed by atoms with Crippen molar-refractivity contribution in [1.29, 1.82) is 0 Å². The number of anilines is 3. The second kappa shape index (κ2) is 9.57. The van der Waals surface area contributed by atoms with Gasteiger partial charge in [0.1, 0.15) is 12.1 Å². The van der Waals surface area contributed by atoms with Crippen LogP contribution in [0.15, 0.2) is 53.4 Å². The highest BCUT2D eigenvalue weighted by atomic mass is 19.1. The molecule has 0 radical (unpaired) electrons. The molecule has 2 aliphatic rings. The lowest BCUT2D eigenvalue weighted by atomic mass is 10.2. The van der Waals surface area contributed by atoms with Crippen molar-refractivity contribution in [2.45, 2.75) is 0 Å². The second-order valence-electron chi connectivity index (χ2n) is 8.31. The second-order valence-corrected chi connectivity index (χ2v) is 8.31. The van der Waals surface area contributed by atoms with E-state index in [-0.39, 0.29) is 34.8 Å². The summed E-state index contributed by atoms with van der Waals surface area (Å²) in [5, 5.41) is 12.1. The first kappa shape index (κ1) is 22.6. The molecule has 35 heavy (non-hydrogen) atoms. The minimum absolute atomic E-state index is 0.155. The molecule has 2 aromatic heterocycles.